The number of rotatable bonds is 6. The highest BCUT2D eigenvalue weighted by molar-refractivity contribution is 7.89. The number of esters is 1. The van der Waals surface area contributed by atoms with Crippen LogP contribution in [0.25, 0.3) is 10.8 Å². The number of benzene rings is 3. The summed E-state index contributed by atoms with van der Waals surface area (Å²) in [5, 5.41) is 1.82. The maximum atomic E-state index is 12.6. The lowest BCUT2D eigenvalue weighted by Gasteiger charge is -2.16. The van der Waals surface area contributed by atoms with Crippen molar-refractivity contribution in [3.05, 3.63) is 66.2 Å². The Morgan fingerprint density at radius 3 is 2.18 bits per heavy atom. The van der Waals surface area contributed by atoms with E-state index in [0.717, 1.165) is 20.6 Å². The predicted molar refractivity (Wildman–Crippen MR) is 107 cm³/mol. The smallest absolute Gasteiger partial charge is 0.326 e. The van der Waals surface area contributed by atoms with E-state index in [4.69, 9.17) is 9.47 Å². The topological polar surface area (TPSA) is 72.9 Å². The van der Waals surface area contributed by atoms with Crippen molar-refractivity contribution in [2.75, 3.05) is 20.7 Å². The van der Waals surface area contributed by atoms with Crippen LogP contribution in [0.1, 0.15) is 5.56 Å². The molecule has 3 aromatic rings. The van der Waals surface area contributed by atoms with Crippen molar-refractivity contribution in [3.8, 4) is 11.5 Å². The quantitative estimate of drug-likeness (QED) is 0.469. The van der Waals surface area contributed by atoms with Crippen LogP contribution in [0.15, 0.2) is 65.6 Å². The SMILES string of the molecule is COc1ccc2ccc(OC(=O)CN(C)S(=O)(=O)c3ccc(C)cc3)cc2c1. The van der Waals surface area contributed by atoms with Crippen molar-refractivity contribution in [2.24, 2.45) is 0 Å². The van der Waals surface area contributed by atoms with Gasteiger partial charge in [0, 0.05) is 7.05 Å². The molecule has 0 fully saturated rings. The molecular formula is C21H21NO5S. The number of nitrogens with zero attached hydrogens (tertiary/aromatic N) is 1. The Morgan fingerprint density at radius 1 is 0.929 bits per heavy atom. The van der Waals surface area contributed by atoms with Gasteiger partial charge in [-0.2, -0.15) is 4.31 Å². The number of hydrogen-bond acceptors (Lipinski definition) is 5. The van der Waals surface area contributed by atoms with Gasteiger partial charge in [0.25, 0.3) is 0 Å². The largest absolute Gasteiger partial charge is 0.497 e. The fourth-order valence-corrected chi connectivity index (χ4v) is 3.83. The lowest BCUT2D eigenvalue weighted by Crippen LogP contribution is -2.34. The number of fused-ring (bicyclic) bond motifs is 1. The third kappa shape index (κ3) is 4.32. The molecular weight excluding hydrogens is 378 g/mol. The van der Waals surface area contributed by atoms with Crippen LogP contribution in [0.2, 0.25) is 0 Å². The Balaban J connectivity index is 1.72. The van der Waals surface area contributed by atoms with Gasteiger partial charge in [0.15, 0.2) is 0 Å². The summed E-state index contributed by atoms with van der Waals surface area (Å²) in [5.74, 6) is 0.368. The molecule has 0 aliphatic rings. The van der Waals surface area contributed by atoms with Crippen molar-refractivity contribution in [2.45, 2.75) is 11.8 Å². The van der Waals surface area contributed by atoms with Crippen LogP contribution >= 0.6 is 0 Å². The molecule has 0 atom stereocenters. The van der Waals surface area contributed by atoms with Crippen molar-refractivity contribution in [1.82, 2.24) is 4.31 Å². The van der Waals surface area contributed by atoms with E-state index in [9.17, 15) is 13.2 Å². The number of likely N-dealkylation sites (N-methyl/N-ethyl adjacent to an activating group) is 1. The third-order valence-corrected chi connectivity index (χ3v) is 6.15. The fraction of sp³-hybridized carbons (Fsp3) is 0.190. The molecule has 7 heteroatoms. The van der Waals surface area contributed by atoms with Crippen LogP contribution in [0.4, 0.5) is 0 Å². The monoisotopic (exact) mass is 399 g/mol. The number of carbonyl (C=O) groups is 1. The van der Waals surface area contributed by atoms with Crippen LogP contribution < -0.4 is 9.47 Å². The van der Waals surface area contributed by atoms with E-state index in [1.54, 1.807) is 31.4 Å². The van der Waals surface area contributed by atoms with Gasteiger partial charge in [0.05, 0.1) is 12.0 Å². The molecule has 0 amide bonds. The van der Waals surface area contributed by atoms with Gasteiger partial charge in [0.2, 0.25) is 10.0 Å². The van der Waals surface area contributed by atoms with Gasteiger partial charge in [-0.1, -0.05) is 29.8 Å². The fourth-order valence-electron chi connectivity index (χ4n) is 2.71. The first kappa shape index (κ1) is 19.9. The number of methoxy groups -OCH3 is 1. The Labute approximate surface area is 164 Å². The number of aryl methyl sites for hydroxylation is 1. The Morgan fingerprint density at radius 2 is 1.54 bits per heavy atom. The van der Waals surface area contributed by atoms with E-state index < -0.39 is 22.5 Å². The highest BCUT2D eigenvalue weighted by Crippen LogP contribution is 2.25. The normalized spacial score (nSPS) is 11.6. The lowest BCUT2D eigenvalue weighted by atomic mass is 10.1. The van der Waals surface area contributed by atoms with Gasteiger partial charge < -0.3 is 9.47 Å². The zero-order chi connectivity index (χ0) is 20.3. The zero-order valence-electron chi connectivity index (χ0n) is 15.9. The maximum absolute atomic E-state index is 12.6. The molecule has 0 N–H and O–H groups in total. The summed E-state index contributed by atoms with van der Waals surface area (Å²) in [6.07, 6.45) is 0. The van der Waals surface area contributed by atoms with Crippen molar-refractivity contribution in [1.29, 1.82) is 0 Å². The molecule has 0 aliphatic carbocycles. The maximum Gasteiger partial charge on any atom is 0.326 e. The predicted octanol–water partition coefficient (Wildman–Crippen LogP) is 3.38. The average molecular weight is 399 g/mol. The minimum Gasteiger partial charge on any atom is -0.497 e. The molecule has 0 bridgehead atoms. The first-order chi connectivity index (χ1) is 13.3. The van der Waals surface area contributed by atoms with E-state index in [0.29, 0.717) is 11.5 Å². The van der Waals surface area contributed by atoms with Crippen LogP contribution in [0.3, 0.4) is 0 Å². The zero-order valence-corrected chi connectivity index (χ0v) is 16.7. The molecule has 0 saturated heterocycles. The second kappa shape index (κ2) is 8.00. The van der Waals surface area contributed by atoms with Crippen LogP contribution in [0, 0.1) is 6.92 Å². The molecule has 6 nitrogen and oxygen atoms in total. The molecule has 0 saturated carbocycles. The Kier molecular flexibility index (Phi) is 5.67. The van der Waals surface area contributed by atoms with E-state index in [1.165, 1.54) is 19.2 Å². The van der Waals surface area contributed by atoms with Crippen molar-refractivity contribution < 1.29 is 22.7 Å². The van der Waals surface area contributed by atoms with Crippen LogP contribution in [-0.4, -0.2) is 39.4 Å². The van der Waals surface area contributed by atoms with E-state index in [-0.39, 0.29) is 4.90 Å². The molecule has 0 aromatic heterocycles. The van der Waals surface area contributed by atoms with Crippen molar-refractivity contribution in [3.63, 3.8) is 0 Å². The molecule has 0 unspecified atom stereocenters. The van der Waals surface area contributed by atoms with Gasteiger partial charge in [-0.15, -0.1) is 0 Å². The molecule has 0 heterocycles. The summed E-state index contributed by atoms with van der Waals surface area (Å²) in [4.78, 5) is 12.4. The summed E-state index contributed by atoms with van der Waals surface area (Å²) in [6.45, 7) is 1.48. The highest BCUT2D eigenvalue weighted by Gasteiger charge is 2.23. The molecule has 0 spiro atoms. The van der Waals surface area contributed by atoms with Crippen LogP contribution in [0.5, 0.6) is 11.5 Å². The first-order valence-corrected chi connectivity index (χ1v) is 10.0. The van der Waals surface area contributed by atoms with Gasteiger partial charge in [-0.05, 0) is 54.1 Å². The third-order valence-electron chi connectivity index (χ3n) is 4.33. The van der Waals surface area contributed by atoms with Gasteiger partial charge in [-0.25, -0.2) is 8.42 Å². The standard InChI is InChI=1S/C21H21NO5S/c1-15-4-10-20(11-5-15)28(24,25)22(2)14-21(23)27-19-9-7-16-6-8-18(26-3)12-17(16)13-19/h4-13H,14H2,1-3H3. The Bertz CT molecular complexity index is 1110. The van der Waals surface area contributed by atoms with Gasteiger partial charge in [0.1, 0.15) is 18.0 Å². The molecule has 3 rings (SSSR count). The summed E-state index contributed by atoms with van der Waals surface area (Å²) in [7, 11) is -0.843. The van der Waals surface area contributed by atoms with E-state index in [2.05, 4.69) is 0 Å². The minimum atomic E-state index is -3.77. The molecule has 3 aromatic carbocycles. The van der Waals surface area contributed by atoms with E-state index >= 15 is 0 Å². The average Bonchev–Trinajstić information content (AvgIpc) is 2.67. The molecule has 146 valence electrons. The Hall–Kier alpha value is -2.90. The number of carbonyl (C=O) groups excluding carboxylic acids is 1. The summed E-state index contributed by atoms with van der Waals surface area (Å²) in [5.41, 5.74) is 0.953. The first-order valence-electron chi connectivity index (χ1n) is 8.61. The van der Waals surface area contributed by atoms with Crippen molar-refractivity contribution >= 4 is 26.8 Å². The van der Waals surface area contributed by atoms with Gasteiger partial charge in [-0.3, -0.25) is 4.79 Å². The lowest BCUT2D eigenvalue weighted by molar-refractivity contribution is -0.134. The number of sulfonamides is 1. The summed E-state index contributed by atoms with van der Waals surface area (Å²) < 4.78 is 36.7. The number of hydrogen-bond donors (Lipinski definition) is 0. The summed E-state index contributed by atoms with van der Waals surface area (Å²) >= 11 is 0. The second-order valence-corrected chi connectivity index (χ2v) is 8.47. The van der Waals surface area contributed by atoms with E-state index in [1.807, 2.05) is 31.2 Å². The van der Waals surface area contributed by atoms with Gasteiger partial charge >= 0.3 is 5.97 Å². The molecule has 0 radical (unpaired) electrons. The highest BCUT2D eigenvalue weighted by atomic mass is 32.2. The minimum absolute atomic E-state index is 0.131. The number of ether oxygens (including phenoxy) is 2. The molecule has 28 heavy (non-hydrogen) atoms. The van der Waals surface area contributed by atoms with Crippen LogP contribution in [-0.2, 0) is 14.8 Å². The second-order valence-electron chi connectivity index (χ2n) is 6.42. The molecule has 0 aliphatic heterocycles. The summed E-state index contributed by atoms with van der Waals surface area (Å²) in [6, 6.07) is 17.2.